The Morgan fingerprint density at radius 1 is 1.23 bits per heavy atom. The molecular weight excluding hydrogens is 473 g/mol. The van der Waals surface area contributed by atoms with Crippen LogP contribution >= 0.6 is 11.6 Å². The summed E-state index contributed by atoms with van der Waals surface area (Å²) in [6.07, 6.45) is 3.99. The Bertz CT molecular complexity index is 1270. The zero-order valence-corrected chi connectivity index (χ0v) is 20.3. The minimum atomic E-state index is -1.14. The van der Waals surface area contributed by atoms with Gasteiger partial charge in [-0.05, 0) is 68.7 Å². The lowest BCUT2D eigenvalue weighted by atomic mass is 9.86. The summed E-state index contributed by atoms with van der Waals surface area (Å²) in [4.78, 5) is 22.7. The van der Waals surface area contributed by atoms with Crippen LogP contribution in [0.5, 0.6) is 0 Å². The normalized spacial score (nSPS) is 17.3. The number of nitrogens with one attached hydrogen (secondary N) is 3. The number of rotatable bonds is 6. The minimum absolute atomic E-state index is 0.149. The molecule has 5 rings (SSSR count). The van der Waals surface area contributed by atoms with Crippen LogP contribution in [0, 0.1) is 19.7 Å². The predicted molar refractivity (Wildman–Crippen MR) is 131 cm³/mol. The molecule has 0 radical (unpaired) electrons. The Kier molecular flexibility index (Phi) is 6.10. The maximum Gasteiger partial charge on any atom is 0.254 e. The summed E-state index contributed by atoms with van der Waals surface area (Å²) in [5.41, 5.74) is 1.88. The predicted octanol–water partition coefficient (Wildman–Crippen LogP) is 4.33. The van der Waals surface area contributed by atoms with Crippen molar-refractivity contribution in [3.8, 4) is 0 Å². The lowest BCUT2D eigenvalue weighted by Crippen LogP contribution is -2.44. The Balaban J connectivity index is 1.28. The van der Waals surface area contributed by atoms with Gasteiger partial charge in [-0.25, -0.2) is 9.37 Å². The van der Waals surface area contributed by atoms with Gasteiger partial charge in [0.05, 0.1) is 11.9 Å². The Labute approximate surface area is 207 Å². The molecule has 11 heteroatoms. The highest BCUT2D eigenvalue weighted by atomic mass is 35.5. The number of aryl methyl sites for hydroxylation is 2. The summed E-state index contributed by atoms with van der Waals surface area (Å²) in [6, 6.07) is 5.11. The number of carbonyl (C=O) groups is 1. The fraction of sp³-hybridized carbons (Fsp3) is 0.417. The summed E-state index contributed by atoms with van der Waals surface area (Å²) in [6.45, 7) is 4.95. The second-order valence-corrected chi connectivity index (χ2v) is 9.77. The Hall–Kier alpha value is -3.24. The highest BCUT2D eigenvalue weighted by Gasteiger charge is 2.50. The van der Waals surface area contributed by atoms with Crippen LogP contribution in [0.15, 0.2) is 24.4 Å². The van der Waals surface area contributed by atoms with E-state index < -0.39 is 11.4 Å². The number of amides is 1. The van der Waals surface area contributed by atoms with Gasteiger partial charge in [0.2, 0.25) is 5.95 Å². The number of H-pyrrole nitrogens is 1. The molecule has 184 valence electrons. The molecule has 1 saturated heterocycles. The lowest BCUT2D eigenvalue weighted by molar-refractivity contribution is -0.143. The van der Waals surface area contributed by atoms with Crippen LogP contribution in [-0.4, -0.2) is 54.8 Å². The molecule has 4 N–H and O–H groups in total. The van der Waals surface area contributed by atoms with Crippen LogP contribution in [-0.2, 0) is 4.79 Å². The molecule has 1 aliphatic heterocycles. The van der Waals surface area contributed by atoms with Gasteiger partial charge >= 0.3 is 0 Å². The molecule has 9 nitrogen and oxygen atoms in total. The van der Waals surface area contributed by atoms with E-state index in [1.807, 2.05) is 19.9 Å². The summed E-state index contributed by atoms with van der Waals surface area (Å²) in [5, 5.41) is 23.3. The van der Waals surface area contributed by atoms with Crippen molar-refractivity contribution in [1.29, 1.82) is 0 Å². The number of likely N-dealkylation sites (tertiary alicyclic amines) is 1. The number of anilines is 4. The number of aliphatic hydroxyl groups is 1. The van der Waals surface area contributed by atoms with Crippen LogP contribution in [0.4, 0.5) is 27.7 Å². The second kappa shape index (κ2) is 9.09. The van der Waals surface area contributed by atoms with Gasteiger partial charge in [-0.2, -0.15) is 10.1 Å². The number of aromatic amines is 1. The number of aromatic nitrogens is 4. The third-order valence-corrected chi connectivity index (χ3v) is 6.92. The van der Waals surface area contributed by atoms with Crippen molar-refractivity contribution in [2.24, 2.45) is 0 Å². The number of hydrogen-bond donors (Lipinski definition) is 4. The van der Waals surface area contributed by atoms with Crippen molar-refractivity contribution in [3.63, 3.8) is 0 Å². The second-order valence-electron chi connectivity index (χ2n) is 9.36. The average Bonchev–Trinajstić information content (AvgIpc) is 3.46. The number of benzene rings is 1. The summed E-state index contributed by atoms with van der Waals surface area (Å²) in [7, 11) is 0. The molecule has 0 unspecified atom stereocenters. The number of carbonyl (C=O) groups excluding carboxylic acids is 1. The lowest BCUT2D eigenvalue weighted by Gasteiger charge is -2.34. The number of halogens is 2. The first-order valence-corrected chi connectivity index (χ1v) is 12.0. The molecule has 2 fully saturated rings. The molecule has 0 atom stereocenters. The highest BCUT2D eigenvalue weighted by molar-refractivity contribution is 6.32. The summed E-state index contributed by atoms with van der Waals surface area (Å²) >= 11 is 6.21. The molecule has 35 heavy (non-hydrogen) atoms. The molecular formula is C24H27ClFN7O2. The molecule has 3 heterocycles. The molecule has 1 amide bonds. The average molecular weight is 500 g/mol. The first-order chi connectivity index (χ1) is 16.7. The molecule has 1 aliphatic carbocycles. The van der Waals surface area contributed by atoms with Gasteiger partial charge in [0, 0.05) is 24.8 Å². The standard InChI is InChI=1S/C24H27ClFN7O2/c1-13-9-19(28-23-27-12-17(25)21(30-23)29-20-10-14(2)31-32-20)18(26)11-16(13)15-3-7-33(8-4-15)22(34)24(35)5-6-24/h9-12,15,35H,3-8H2,1-2H3,(H3,27,28,29,30,31,32). The van der Waals surface area contributed by atoms with Crippen molar-refractivity contribution >= 4 is 40.8 Å². The van der Waals surface area contributed by atoms with E-state index in [1.165, 1.54) is 6.20 Å². The van der Waals surface area contributed by atoms with Crippen LogP contribution in [0.2, 0.25) is 5.02 Å². The number of piperidine rings is 1. The first-order valence-electron chi connectivity index (χ1n) is 11.6. The van der Waals surface area contributed by atoms with E-state index in [9.17, 15) is 9.90 Å². The molecule has 0 spiro atoms. The van der Waals surface area contributed by atoms with Crippen molar-refractivity contribution in [3.05, 3.63) is 52.1 Å². The third kappa shape index (κ3) is 4.94. The Morgan fingerprint density at radius 3 is 2.63 bits per heavy atom. The van der Waals surface area contributed by atoms with Crippen molar-refractivity contribution < 1.29 is 14.3 Å². The van der Waals surface area contributed by atoms with E-state index in [4.69, 9.17) is 11.6 Å². The number of hydrogen-bond acceptors (Lipinski definition) is 7. The molecule has 3 aromatic rings. The summed E-state index contributed by atoms with van der Waals surface area (Å²) < 4.78 is 15.1. The van der Waals surface area contributed by atoms with Crippen LogP contribution in [0.3, 0.4) is 0 Å². The maximum atomic E-state index is 15.1. The Morgan fingerprint density at radius 2 is 1.97 bits per heavy atom. The van der Waals surface area contributed by atoms with E-state index in [-0.39, 0.29) is 23.5 Å². The van der Waals surface area contributed by atoms with Crippen LogP contribution in [0.25, 0.3) is 0 Å². The van der Waals surface area contributed by atoms with Crippen molar-refractivity contribution in [2.45, 2.75) is 51.0 Å². The van der Waals surface area contributed by atoms with E-state index in [1.54, 1.807) is 17.0 Å². The summed E-state index contributed by atoms with van der Waals surface area (Å²) in [5.74, 6) is 0.669. The van der Waals surface area contributed by atoms with Crippen LogP contribution < -0.4 is 10.6 Å². The molecule has 2 aliphatic rings. The van der Waals surface area contributed by atoms with Gasteiger partial charge < -0.3 is 20.6 Å². The van der Waals surface area contributed by atoms with Gasteiger partial charge in [0.15, 0.2) is 11.6 Å². The molecule has 1 saturated carbocycles. The SMILES string of the molecule is Cc1cc(Nc2nc(Nc3cc(C)c(C4CCN(C(=O)C5(O)CC5)CC4)cc3F)ncc2Cl)n[nH]1. The van der Waals surface area contributed by atoms with E-state index in [0.29, 0.717) is 42.6 Å². The van der Waals surface area contributed by atoms with Gasteiger partial charge in [0.1, 0.15) is 16.4 Å². The van der Waals surface area contributed by atoms with Gasteiger partial charge in [0.25, 0.3) is 5.91 Å². The molecule has 2 aromatic heterocycles. The minimum Gasteiger partial charge on any atom is -0.380 e. The fourth-order valence-corrected chi connectivity index (χ4v) is 4.63. The van der Waals surface area contributed by atoms with Crippen molar-refractivity contribution in [1.82, 2.24) is 25.1 Å². The van der Waals surface area contributed by atoms with Gasteiger partial charge in [-0.3, -0.25) is 9.89 Å². The van der Waals surface area contributed by atoms with E-state index in [0.717, 1.165) is 29.7 Å². The van der Waals surface area contributed by atoms with E-state index in [2.05, 4.69) is 30.8 Å². The zero-order valence-electron chi connectivity index (χ0n) is 19.5. The maximum absolute atomic E-state index is 15.1. The third-order valence-electron chi connectivity index (χ3n) is 6.64. The van der Waals surface area contributed by atoms with E-state index >= 15 is 4.39 Å². The quantitative estimate of drug-likeness (QED) is 0.398. The monoisotopic (exact) mass is 499 g/mol. The zero-order chi connectivity index (χ0) is 24.7. The topological polar surface area (TPSA) is 119 Å². The number of nitrogens with zero attached hydrogens (tertiary/aromatic N) is 4. The first kappa shape index (κ1) is 23.5. The fourth-order valence-electron chi connectivity index (χ4n) is 4.49. The largest absolute Gasteiger partial charge is 0.380 e. The molecule has 1 aromatic carbocycles. The van der Waals surface area contributed by atoms with Gasteiger partial charge in [-0.15, -0.1) is 0 Å². The van der Waals surface area contributed by atoms with Crippen molar-refractivity contribution in [2.75, 3.05) is 23.7 Å². The smallest absolute Gasteiger partial charge is 0.254 e. The van der Waals surface area contributed by atoms with Crippen LogP contribution in [0.1, 0.15) is 48.4 Å². The highest BCUT2D eigenvalue weighted by Crippen LogP contribution is 2.39. The molecule has 0 bridgehead atoms. The van der Waals surface area contributed by atoms with Gasteiger partial charge in [-0.1, -0.05) is 11.6 Å².